The highest BCUT2D eigenvalue weighted by molar-refractivity contribution is 5.77. The first-order chi connectivity index (χ1) is 7.63. The third kappa shape index (κ3) is 1.60. The molecule has 0 amide bonds. The van der Waals surface area contributed by atoms with Gasteiger partial charge in [-0.15, -0.1) is 0 Å². The minimum atomic E-state index is -0.432. The predicted molar refractivity (Wildman–Crippen MR) is 57.6 cm³/mol. The number of hydrogen-bond acceptors (Lipinski definition) is 4. The van der Waals surface area contributed by atoms with E-state index < -0.39 is 5.82 Å². The Bertz CT molecular complexity index is 523. The molecule has 0 saturated carbocycles. The van der Waals surface area contributed by atoms with Crippen molar-refractivity contribution in [2.45, 2.75) is 6.92 Å². The minimum Gasteiger partial charge on any atom is -0.493 e. The van der Waals surface area contributed by atoms with Gasteiger partial charge in [-0.2, -0.15) is 0 Å². The minimum absolute atomic E-state index is 0.139. The van der Waals surface area contributed by atoms with Crippen molar-refractivity contribution in [1.82, 2.24) is 5.16 Å². The van der Waals surface area contributed by atoms with Crippen LogP contribution in [0.5, 0.6) is 5.75 Å². The van der Waals surface area contributed by atoms with Crippen LogP contribution in [0.2, 0.25) is 0 Å². The summed E-state index contributed by atoms with van der Waals surface area (Å²) in [7, 11) is 1.40. The highest BCUT2D eigenvalue weighted by Crippen LogP contribution is 2.36. The van der Waals surface area contributed by atoms with Gasteiger partial charge in [-0.05, 0) is 24.6 Å². The monoisotopic (exact) mass is 222 g/mol. The van der Waals surface area contributed by atoms with Crippen LogP contribution in [0.15, 0.2) is 22.9 Å². The number of aryl methyl sites for hydroxylation is 1. The second-order valence-corrected chi connectivity index (χ2v) is 3.43. The Kier molecular flexibility index (Phi) is 2.52. The fourth-order valence-corrected chi connectivity index (χ4v) is 1.59. The molecule has 2 rings (SSSR count). The Morgan fingerprint density at radius 2 is 2.12 bits per heavy atom. The molecule has 0 saturated heterocycles. The zero-order valence-corrected chi connectivity index (χ0v) is 8.95. The van der Waals surface area contributed by atoms with Crippen molar-refractivity contribution in [3.05, 3.63) is 29.7 Å². The van der Waals surface area contributed by atoms with Gasteiger partial charge in [0.25, 0.3) is 0 Å². The number of nitrogens with two attached hydrogens (primary N) is 1. The first-order valence-corrected chi connectivity index (χ1v) is 4.68. The summed E-state index contributed by atoms with van der Waals surface area (Å²) in [5, 5.41) is 3.55. The standard InChI is InChI=1S/C11H11FN2O2/c1-6-3-7(8-5-14-16-11(8)13)10(15-2)9(12)4-6/h3-5H,13H2,1-2H3. The smallest absolute Gasteiger partial charge is 0.230 e. The second kappa shape index (κ2) is 3.84. The van der Waals surface area contributed by atoms with E-state index in [1.807, 2.05) is 0 Å². The van der Waals surface area contributed by atoms with Crippen LogP contribution in [0.4, 0.5) is 10.3 Å². The molecule has 2 aromatic rings. The summed E-state index contributed by atoms with van der Waals surface area (Å²) in [5.74, 6) is -0.151. The number of aromatic nitrogens is 1. The highest BCUT2D eigenvalue weighted by atomic mass is 19.1. The van der Waals surface area contributed by atoms with Crippen molar-refractivity contribution in [2.24, 2.45) is 0 Å². The van der Waals surface area contributed by atoms with Crippen molar-refractivity contribution < 1.29 is 13.7 Å². The van der Waals surface area contributed by atoms with E-state index in [-0.39, 0.29) is 11.6 Å². The molecule has 5 heteroatoms. The van der Waals surface area contributed by atoms with Gasteiger partial charge >= 0.3 is 0 Å². The van der Waals surface area contributed by atoms with Crippen molar-refractivity contribution >= 4 is 5.88 Å². The lowest BCUT2D eigenvalue weighted by Gasteiger charge is -2.09. The van der Waals surface area contributed by atoms with E-state index >= 15 is 0 Å². The van der Waals surface area contributed by atoms with Gasteiger partial charge in [0.2, 0.25) is 5.88 Å². The number of anilines is 1. The number of hydrogen-bond donors (Lipinski definition) is 1. The third-order valence-corrected chi connectivity index (χ3v) is 2.28. The van der Waals surface area contributed by atoms with Gasteiger partial charge in [0, 0.05) is 5.56 Å². The van der Waals surface area contributed by atoms with Gasteiger partial charge in [0.15, 0.2) is 11.6 Å². The van der Waals surface area contributed by atoms with Gasteiger partial charge in [0.05, 0.1) is 18.9 Å². The average Bonchev–Trinajstić information content (AvgIpc) is 2.63. The SMILES string of the molecule is COc1c(F)cc(C)cc1-c1cnoc1N. The molecule has 0 bridgehead atoms. The van der Waals surface area contributed by atoms with Gasteiger partial charge in [-0.25, -0.2) is 4.39 Å². The van der Waals surface area contributed by atoms with Crippen LogP contribution in [0, 0.1) is 12.7 Å². The molecular formula is C11H11FN2O2. The van der Waals surface area contributed by atoms with Gasteiger partial charge in [0.1, 0.15) is 0 Å². The zero-order chi connectivity index (χ0) is 11.7. The van der Waals surface area contributed by atoms with Crippen LogP contribution in [0.1, 0.15) is 5.56 Å². The molecular weight excluding hydrogens is 211 g/mol. The molecule has 84 valence electrons. The fraction of sp³-hybridized carbons (Fsp3) is 0.182. The Balaban J connectivity index is 2.68. The fourth-order valence-electron chi connectivity index (χ4n) is 1.59. The summed E-state index contributed by atoms with van der Waals surface area (Å²) in [6.45, 7) is 1.79. The van der Waals surface area contributed by atoms with Crippen LogP contribution in [-0.2, 0) is 0 Å². The van der Waals surface area contributed by atoms with Crippen LogP contribution < -0.4 is 10.5 Å². The van der Waals surface area contributed by atoms with Crippen molar-refractivity contribution in [1.29, 1.82) is 0 Å². The molecule has 0 aliphatic carbocycles. The van der Waals surface area contributed by atoms with E-state index in [1.165, 1.54) is 19.4 Å². The molecule has 1 heterocycles. The van der Waals surface area contributed by atoms with Gasteiger partial charge < -0.3 is 15.0 Å². The Morgan fingerprint density at radius 3 is 2.69 bits per heavy atom. The number of nitrogens with zero attached hydrogens (tertiary/aromatic N) is 1. The summed E-state index contributed by atoms with van der Waals surface area (Å²) in [6, 6.07) is 3.16. The molecule has 0 fully saturated rings. The molecule has 0 spiro atoms. The van der Waals surface area contributed by atoms with E-state index in [1.54, 1.807) is 13.0 Å². The first-order valence-electron chi connectivity index (χ1n) is 4.68. The van der Waals surface area contributed by atoms with Gasteiger partial charge in [-0.3, -0.25) is 0 Å². The second-order valence-electron chi connectivity index (χ2n) is 3.43. The largest absolute Gasteiger partial charge is 0.493 e. The molecule has 16 heavy (non-hydrogen) atoms. The molecule has 0 unspecified atom stereocenters. The number of rotatable bonds is 2. The molecule has 4 nitrogen and oxygen atoms in total. The quantitative estimate of drug-likeness (QED) is 0.847. The summed E-state index contributed by atoms with van der Waals surface area (Å²) < 4.78 is 23.4. The number of methoxy groups -OCH3 is 1. The number of halogens is 1. The summed E-state index contributed by atoms with van der Waals surface area (Å²) >= 11 is 0. The molecule has 2 N–H and O–H groups in total. The van der Waals surface area contributed by atoms with Crippen LogP contribution in [0.25, 0.3) is 11.1 Å². The Hall–Kier alpha value is -2.04. The molecule has 1 aromatic heterocycles. The van der Waals surface area contributed by atoms with Crippen molar-refractivity contribution in [3.63, 3.8) is 0 Å². The number of nitrogen functional groups attached to an aromatic ring is 1. The lowest BCUT2D eigenvalue weighted by atomic mass is 10.0. The lowest BCUT2D eigenvalue weighted by molar-refractivity contribution is 0.388. The maximum atomic E-state index is 13.6. The van der Waals surface area contributed by atoms with E-state index in [0.717, 1.165) is 5.56 Å². The zero-order valence-electron chi connectivity index (χ0n) is 8.95. The van der Waals surface area contributed by atoms with E-state index in [9.17, 15) is 4.39 Å². The molecule has 0 aliphatic rings. The molecule has 1 aromatic carbocycles. The highest BCUT2D eigenvalue weighted by Gasteiger charge is 2.16. The molecule has 0 aliphatic heterocycles. The summed E-state index contributed by atoms with van der Waals surface area (Å²) in [4.78, 5) is 0. The van der Waals surface area contributed by atoms with Crippen LogP contribution in [0.3, 0.4) is 0 Å². The van der Waals surface area contributed by atoms with Crippen molar-refractivity contribution in [3.8, 4) is 16.9 Å². The van der Waals surface area contributed by atoms with Crippen molar-refractivity contribution in [2.75, 3.05) is 12.8 Å². The number of benzene rings is 1. The van der Waals surface area contributed by atoms with E-state index in [4.69, 9.17) is 15.0 Å². The van der Waals surface area contributed by atoms with E-state index in [2.05, 4.69) is 5.16 Å². The lowest BCUT2D eigenvalue weighted by Crippen LogP contribution is -1.94. The summed E-state index contributed by atoms with van der Waals surface area (Å²) in [6.07, 6.45) is 1.44. The van der Waals surface area contributed by atoms with Crippen LogP contribution >= 0.6 is 0 Å². The third-order valence-electron chi connectivity index (χ3n) is 2.28. The molecule has 0 radical (unpaired) electrons. The van der Waals surface area contributed by atoms with Gasteiger partial charge in [-0.1, -0.05) is 5.16 Å². The van der Waals surface area contributed by atoms with E-state index in [0.29, 0.717) is 11.1 Å². The normalized spacial score (nSPS) is 10.4. The number of ether oxygens (including phenoxy) is 1. The first kappa shape index (κ1) is 10.5. The maximum absolute atomic E-state index is 13.6. The predicted octanol–water partition coefficient (Wildman–Crippen LogP) is 2.38. The maximum Gasteiger partial charge on any atom is 0.230 e. The Labute approximate surface area is 91.8 Å². The summed E-state index contributed by atoms with van der Waals surface area (Å²) in [5.41, 5.74) is 7.43. The van der Waals surface area contributed by atoms with Crippen LogP contribution in [-0.4, -0.2) is 12.3 Å². The average molecular weight is 222 g/mol. The molecule has 0 atom stereocenters. The Morgan fingerprint density at radius 1 is 1.38 bits per heavy atom. The topological polar surface area (TPSA) is 61.3 Å².